The van der Waals surface area contributed by atoms with Crippen LogP contribution in [0.3, 0.4) is 0 Å². The smallest absolute Gasteiger partial charge is 0.325 e. The van der Waals surface area contributed by atoms with E-state index in [-0.39, 0.29) is 0 Å². The molecule has 0 bridgehead atoms. The van der Waals surface area contributed by atoms with E-state index >= 15 is 0 Å². The second kappa shape index (κ2) is 11.6. The molecule has 14 heteroatoms. The highest BCUT2D eigenvalue weighted by molar-refractivity contribution is 5.96. The van der Waals surface area contributed by atoms with Gasteiger partial charge in [-0.1, -0.05) is 0 Å². The lowest BCUT2D eigenvalue weighted by Crippen LogP contribution is -2.60. The van der Waals surface area contributed by atoms with Crippen LogP contribution in [-0.2, 0) is 28.8 Å². The zero-order valence-corrected chi connectivity index (χ0v) is 15.7. The number of hydrogen-bond donors (Lipinski definition) is 8. The second-order valence-corrected chi connectivity index (χ2v) is 6.23. The topological polar surface area (TPSA) is 251 Å². The monoisotopic (exact) mass is 419 g/mol. The van der Waals surface area contributed by atoms with Crippen LogP contribution in [0.2, 0.25) is 0 Å². The molecule has 5 atom stereocenters. The molecule has 14 nitrogen and oxygen atoms in total. The molecule has 0 aromatic heterocycles. The summed E-state index contributed by atoms with van der Waals surface area (Å²) in [6, 6.07) is -6.12. The summed E-state index contributed by atoms with van der Waals surface area (Å²) in [7, 11) is 0. The van der Waals surface area contributed by atoms with Gasteiger partial charge in [-0.2, -0.15) is 0 Å². The largest absolute Gasteiger partial charge is 0.481 e. The first-order chi connectivity index (χ1) is 13.3. The number of carboxylic acid groups (broad SMARTS) is 2. The summed E-state index contributed by atoms with van der Waals surface area (Å²) >= 11 is 0. The molecule has 0 aliphatic heterocycles. The van der Waals surface area contributed by atoms with Gasteiger partial charge in [-0.05, 0) is 13.8 Å². The number of nitrogens with two attached hydrogens (primary N) is 2. The number of primary amides is 1. The average Bonchev–Trinajstić information content (AvgIpc) is 2.56. The van der Waals surface area contributed by atoms with Gasteiger partial charge in [0.2, 0.25) is 23.6 Å². The predicted octanol–water partition coefficient (Wildman–Crippen LogP) is -4.40. The minimum Gasteiger partial charge on any atom is -0.481 e. The number of rotatable bonds is 12. The fourth-order valence-electron chi connectivity index (χ4n) is 2.00. The highest BCUT2D eigenvalue weighted by Crippen LogP contribution is 2.01. The first kappa shape index (κ1) is 25.7. The quantitative estimate of drug-likeness (QED) is 0.151. The van der Waals surface area contributed by atoms with Crippen molar-refractivity contribution in [2.75, 3.05) is 0 Å². The maximum Gasteiger partial charge on any atom is 0.325 e. The number of carbonyl (C=O) groups excluding carboxylic acids is 4. The van der Waals surface area contributed by atoms with Crippen LogP contribution in [0.25, 0.3) is 0 Å². The molecule has 0 spiro atoms. The number of carbonyl (C=O) groups is 6. The Morgan fingerprint density at radius 2 is 1.41 bits per heavy atom. The summed E-state index contributed by atoms with van der Waals surface area (Å²) in [5.41, 5.74) is 10.3. The zero-order valence-electron chi connectivity index (χ0n) is 15.7. The number of aliphatic hydroxyl groups excluding tert-OH is 1. The Morgan fingerprint density at radius 3 is 1.83 bits per heavy atom. The summed E-state index contributed by atoms with van der Waals surface area (Å²) < 4.78 is 0. The van der Waals surface area contributed by atoms with Crippen LogP contribution < -0.4 is 27.4 Å². The Labute approximate surface area is 165 Å². The maximum atomic E-state index is 12.4. The molecule has 0 aromatic carbocycles. The Hall–Kier alpha value is -3.26. The molecule has 0 heterocycles. The van der Waals surface area contributed by atoms with Gasteiger partial charge in [0.25, 0.3) is 0 Å². The van der Waals surface area contributed by atoms with E-state index in [0.717, 1.165) is 13.8 Å². The van der Waals surface area contributed by atoms with Crippen LogP contribution >= 0.6 is 0 Å². The first-order valence-corrected chi connectivity index (χ1v) is 8.33. The predicted molar refractivity (Wildman–Crippen MR) is 94.8 cm³/mol. The number of aliphatic hydroxyl groups is 1. The molecule has 164 valence electrons. The molecular weight excluding hydrogens is 394 g/mol. The van der Waals surface area contributed by atoms with Gasteiger partial charge in [-0.15, -0.1) is 0 Å². The zero-order chi connectivity index (χ0) is 22.9. The Bertz CT molecular complexity index is 667. The van der Waals surface area contributed by atoms with Gasteiger partial charge in [0.1, 0.15) is 18.1 Å². The number of hydrogen-bond acceptors (Lipinski definition) is 8. The Kier molecular flexibility index (Phi) is 10.3. The average molecular weight is 419 g/mol. The number of aliphatic carboxylic acids is 2. The number of carboxylic acids is 2. The fraction of sp³-hybridized carbons (Fsp3) is 0.600. The first-order valence-electron chi connectivity index (χ1n) is 8.33. The molecule has 0 radical (unpaired) electrons. The van der Waals surface area contributed by atoms with E-state index < -0.39 is 78.7 Å². The van der Waals surface area contributed by atoms with Crippen LogP contribution in [0.4, 0.5) is 0 Å². The highest BCUT2D eigenvalue weighted by Gasteiger charge is 2.32. The third-order valence-electron chi connectivity index (χ3n) is 3.56. The normalized spacial score (nSPS) is 15.7. The van der Waals surface area contributed by atoms with E-state index in [1.165, 1.54) is 0 Å². The third kappa shape index (κ3) is 9.48. The molecule has 4 amide bonds. The van der Waals surface area contributed by atoms with Gasteiger partial charge in [0, 0.05) is 0 Å². The van der Waals surface area contributed by atoms with Crippen molar-refractivity contribution in [1.29, 1.82) is 0 Å². The standard InChI is InChI=1S/C15H25N5O9/c1-5(15(28)29)18-14(27)11(6(2)21)20-13(26)8(4-10(23)24)19-12(25)7(16)3-9(17)22/h5-8,11,21H,3-4,16H2,1-2H3,(H2,17,22)(H,18,27)(H,19,25)(H,20,26)(H,23,24)(H,28,29). The molecule has 0 aromatic rings. The molecule has 29 heavy (non-hydrogen) atoms. The molecule has 5 unspecified atom stereocenters. The van der Waals surface area contributed by atoms with Crippen LogP contribution in [0.5, 0.6) is 0 Å². The number of nitrogens with one attached hydrogen (secondary N) is 3. The van der Waals surface area contributed by atoms with E-state index in [2.05, 4.69) is 0 Å². The van der Waals surface area contributed by atoms with E-state index in [0.29, 0.717) is 0 Å². The molecule has 0 saturated carbocycles. The second-order valence-electron chi connectivity index (χ2n) is 6.23. The summed E-state index contributed by atoms with van der Waals surface area (Å²) in [4.78, 5) is 69.0. The van der Waals surface area contributed by atoms with Gasteiger partial charge in [0.15, 0.2) is 0 Å². The van der Waals surface area contributed by atoms with Crippen LogP contribution in [0.1, 0.15) is 26.7 Å². The summed E-state index contributed by atoms with van der Waals surface area (Å²) in [5, 5.41) is 33.6. The Balaban J connectivity index is 5.32. The summed E-state index contributed by atoms with van der Waals surface area (Å²) in [6.45, 7) is 2.28. The molecule has 0 rings (SSSR count). The van der Waals surface area contributed by atoms with Crippen molar-refractivity contribution in [1.82, 2.24) is 16.0 Å². The van der Waals surface area contributed by atoms with Crippen molar-refractivity contribution >= 4 is 35.6 Å². The highest BCUT2D eigenvalue weighted by atomic mass is 16.4. The van der Waals surface area contributed by atoms with E-state index in [4.69, 9.17) is 21.7 Å². The van der Waals surface area contributed by atoms with Crippen molar-refractivity contribution in [2.45, 2.75) is 57.0 Å². The van der Waals surface area contributed by atoms with Gasteiger partial charge in [-0.3, -0.25) is 28.8 Å². The number of amides is 4. The Morgan fingerprint density at radius 1 is 0.862 bits per heavy atom. The fourth-order valence-corrected chi connectivity index (χ4v) is 2.00. The van der Waals surface area contributed by atoms with Gasteiger partial charge < -0.3 is 42.7 Å². The van der Waals surface area contributed by atoms with Gasteiger partial charge in [-0.25, -0.2) is 0 Å². The van der Waals surface area contributed by atoms with Crippen molar-refractivity contribution < 1.29 is 44.1 Å². The molecule has 0 aliphatic carbocycles. The molecular formula is C15H25N5O9. The van der Waals surface area contributed by atoms with Crippen molar-refractivity contribution in [3.63, 3.8) is 0 Å². The lowest BCUT2D eigenvalue weighted by atomic mass is 10.1. The van der Waals surface area contributed by atoms with E-state index in [9.17, 15) is 33.9 Å². The van der Waals surface area contributed by atoms with Crippen molar-refractivity contribution in [2.24, 2.45) is 11.5 Å². The molecule has 0 saturated heterocycles. The van der Waals surface area contributed by atoms with Crippen LogP contribution in [-0.4, -0.2) is 81.2 Å². The SMILES string of the molecule is CC(NC(=O)C(NC(=O)C(CC(=O)O)NC(=O)C(N)CC(N)=O)C(C)O)C(=O)O. The van der Waals surface area contributed by atoms with Crippen LogP contribution in [0.15, 0.2) is 0 Å². The van der Waals surface area contributed by atoms with Crippen LogP contribution in [0, 0.1) is 0 Å². The lowest BCUT2D eigenvalue weighted by Gasteiger charge is -2.25. The summed E-state index contributed by atoms with van der Waals surface area (Å²) in [6.07, 6.45) is -2.95. The minimum atomic E-state index is -1.70. The van der Waals surface area contributed by atoms with Crippen molar-refractivity contribution in [3.8, 4) is 0 Å². The lowest BCUT2D eigenvalue weighted by molar-refractivity contribution is -0.143. The van der Waals surface area contributed by atoms with E-state index in [1.54, 1.807) is 0 Å². The van der Waals surface area contributed by atoms with E-state index in [1.807, 2.05) is 16.0 Å². The molecule has 0 aliphatic rings. The molecule has 0 fully saturated rings. The summed E-state index contributed by atoms with van der Waals surface area (Å²) in [5.74, 6) is -6.99. The van der Waals surface area contributed by atoms with Gasteiger partial charge in [0.05, 0.1) is 25.0 Å². The van der Waals surface area contributed by atoms with Gasteiger partial charge >= 0.3 is 11.9 Å². The minimum absolute atomic E-state index is 0.557. The van der Waals surface area contributed by atoms with Crippen molar-refractivity contribution in [3.05, 3.63) is 0 Å². The maximum absolute atomic E-state index is 12.4. The third-order valence-corrected chi connectivity index (χ3v) is 3.56. The molecule has 10 N–H and O–H groups in total.